The first-order chi connectivity index (χ1) is 16.1. The molecule has 0 unspecified atom stereocenters. The summed E-state index contributed by atoms with van der Waals surface area (Å²) in [4.78, 5) is 0. The molecule has 0 aliphatic heterocycles. The minimum absolute atomic E-state index is 0.532. The van der Waals surface area contributed by atoms with E-state index in [1.807, 2.05) is 0 Å². The fourth-order valence-electron chi connectivity index (χ4n) is 6.01. The van der Waals surface area contributed by atoms with Crippen LogP contribution < -0.4 is 0 Å². The van der Waals surface area contributed by atoms with Crippen LogP contribution in [0.4, 0.5) is 0 Å². The van der Waals surface area contributed by atoms with E-state index in [0.29, 0.717) is 5.92 Å². The molecule has 33 heavy (non-hydrogen) atoms. The van der Waals surface area contributed by atoms with Crippen LogP contribution in [-0.4, -0.2) is 0 Å². The molecule has 0 fully saturated rings. The van der Waals surface area contributed by atoms with Gasteiger partial charge >= 0.3 is 0 Å². The molecule has 0 atom stereocenters. The zero-order valence-corrected chi connectivity index (χ0v) is 23.1. The first-order valence-corrected chi connectivity index (χ1v) is 14.4. The Morgan fingerprint density at radius 3 is 1.03 bits per heavy atom. The quantitative estimate of drug-likeness (QED) is 0.254. The van der Waals surface area contributed by atoms with Gasteiger partial charge in [0.2, 0.25) is 0 Å². The third-order valence-corrected chi connectivity index (χ3v) is 7.27. The Morgan fingerprint density at radius 1 is 0.424 bits per heavy atom. The van der Waals surface area contributed by atoms with Crippen molar-refractivity contribution in [2.24, 2.45) is 0 Å². The smallest absolute Gasteiger partial charge is 0.00978 e. The predicted molar refractivity (Wildman–Crippen MR) is 149 cm³/mol. The van der Waals surface area contributed by atoms with Gasteiger partial charge in [0, 0.05) is 5.92 Å². The third-order valence-electron chi connectivity index (χ3n) is 7.27. The van der Waals surface area contributed by atoms with Crippen LogP contribution in [0.2, 0.25) is 0 Å². The van der Waals surface area contributed by atoms with Gasteiger partial charge in [-0.2, -0.15) is 0 Å². The molecule has 0 spiro atoms. The van der Waals surface area contributed by atoms with Crippen molar-refractivity contribution >= 4 is 0 Å². The topological polar surface area (TPSA) is 0 Å². The number of benzene rings is 2. The lowest BCUT2D eigenvalue weighted by Gasteiger charge is -2.30. The van der Waals surface area contributed by atoms with Crippen molar-refractivity contribution < 1.29 is 0 Å². The molecule has 0 saturated heterocycles. The fraction of sp³-hybridized carbons (Fsp3) is 0.636. The van der Waals surface area contributed by atoms with E-state index >= 15 is 0 Å². The van der Waals surface area contributed by atoms with E-state index in [1.54, 1.807) is 44.5 Å². The Balaban J connectivity index is 2.89. The summed E-state index contributed by atoms with van der Waals surface area (Å²) >= 11 is 0. The molecule has 0 amide bonds. The zero-order valence-electron chi connectivity index (χ0n) is 23.1. The van der Waals surface area contributed by atoms with Crippen LogP contribution in [0.15, 0.2) is 24.3 Å². The van der Waals surface area contributed by atoms with Gasteiger partial charge in [0.25, 0.3) is 0 Å². The lowest BCUT2D eigenvalue weighted by atomic mass is 9.74. The van der Waals surface area contributed by atoms with Crippen LogP contribution in [0, 0.1) is 0 Å². The molecular weight excluding hydrogens is 396 g/mol. The molecule has 0 radical (unpaired) electrons. The molecule has 0 aliphatic rings. The summed E-state index contributed by atoms with van der Waals surface area (Å²) in [5, 5.41) is 0. The molecule has 0 aliphatic carbocycles. The first kappa shape index (κ1) is 27.7. The van der Waals surface area contributed by atoms with Gasteiger partial charge in [-0.25, -0.2) is 0 Å². The Hall–Kier alpha value is -1.56. The molecule has 0 N–H and O–H groups in total. The largest absolute Gasteiger partial charge is 0.0651 e. The highest BCUT2D eigenvalue weighted by molar-refractivity contribution is 5.53. The normalized spacial score (nSPS) is 11.5. The van der Waals surface area contributed by atoms with E-state index < -0.39 is 0 Å². The van der Waals surface area contributed by atoms with Gasteiger partial charge in [0.15, 0.2) is 0 Å². The van der Waals surface area contributed by atoms with E-state index in [4.69, 9.17) is 0 Å². The lowest BCUT2D eigenvalue weighted by molar-refractivity contribution is 0.701. The molecule has 0 saturated carbocycles. The minimum Gasteiger partial charge on any atom is -0.0651 e. The summed E-state index contributed by atoms with van der Waals surface area (Å²) in [6.07, 6.45) is 15.8. The van der Waals surface area contributed by atoms with Crippen molar-refractivity contribution in [3.8, 4) is 0 Å². The molecule has 0 bridgehead atoms. The summed E-state index contributed by atoms with van der Waals surface area (Å²) < 4.78 is 0. The van der Waals surface area contributed by atoms with Gasteiger partial charge in [-0.15, -0.1) is 0 Å². The standard InChI is InChI=1S/C33H52/c1-8-15-25-21-23-27(17-10-3)32(30(25)19-12-5)29(14-7)33-28(18-11-4)24-22-26(16-9-2)31(33)20-13-6/h21-24,29H,8-20H2,1-7H3. The predicted octanol–water partition coefficient (Wildman–Crippen LogP) is 9.94. The van der Waals surface area contributed by atoms with Gasteiger partial charge < -0.3 is 0 Å². The minimum atomic E-state index is 0.532. The van der Waals surface area contributed by atoms with E-state index in [-0.39, 0.29) is 0 Å². The summed E-state index contributed by atoms with van der Waals surface area (Å²) in [6.45, 7) is 16.5. The van der Waals surface area contributed by atoms with Crippen LogP contribution in [-0.2, 0) is 38.5 Å². The highest BCUT2D eigenvalue weighted by atomic mass is 14.3. The van der Waals surface area contributed by atoms with Crippen LogP contribution in [0.1, 0.15) is 144 Å². The number of hydrogen-bond acceptors (Lipinski definition) is 0. The molecule has 0 heterocycles. The zero-order chi connectivity index (χ0) is 24.2. The Kier molecular flexibility index (Phi) is 12.3. The van der Waals surface area contributed by atoms with Gasteiger partial charge in [-0.3, -0.25) is 0 Å². The maximum Gasteiger partial charge on any atom is 0.00978 e. The van der Waals surface area contributed by atoms with E-state index in [2.05, 4.69) is 72.7 Å². The molecule has 2 rings (SSSR count). The second-order valence-electron chi connectivity index (χ2n) is 10.0. The van der Waals surface area contributed by atoms with E-state index in [0.717, 1.165) is 0 Å². The summed E-state index contributed by atoms with van der Waals surface area (Å²) in [7, 11) is 0. The van der Waals surface area contributed by atoms with Gasteiger partial charge in [-0.05, 0) is 89.5 Å². The lowest BCUT2D eigenvalue weighted by Crippen LogP contribution is -2.16. The highest BCUT2D eigenvalue weighted by Gasteiger charge is 2.26. The maximum atomic E-state index is 2.50. The molecular formula is C33H52. The second-order valence-corrected chi connectivity index (χ2v) is 10.0. The Labute approximate surface area is 206 Å². The van der Waals surface area contributed by atoms with Crippen molar-refractivity contribution in [2.75, 3.05) is 0 Å². The monoisotopic (exact) mass is 448 g/mol. The van der Waals surface area contributed by atoms with Crippen LogP contribution in [0.5, 0.6) is 0 Å². The number of hydrogen-bond donors (Lipinski definition) is 0. The molecule has 184 valence electrons. The first-order valence-electron chi connectivity index (χ1n) is 14.4. The molecule has 0 aromatic heterocycles. The van der Waals surface area contributed by atoms with Crippen molar-refractivity contribution in [2.45, 2.75) is 138 Å². The summed E-state index contributed by atoms with van der Waals surface area (Å²) in [5.74, 6) is 0.532. The molecule has 0 heteroatoms. The van der Waals surface area contributed by atoms with E-state index in [1.165, 1.54) is 83.5 Å². The van der Waals surface area contributed by atoms with Crippen LogP contribution >= 0.6 is 0 Å². The van der Waals surface area contributed by atoms with E-state index in [9.17, 15) is 0 Å². The van der Waals surface area contributed by atoms with Crippen molar-refractivity contribution in [3.05, 3.63) is 68.8 Å². The Morgan fingerprint density at radius 2 is 0.727 bits per heavy atom. The van der Waals surface area contributed by atoms with Crippen molar-refractivity contribution in [3.63, 3.8) is 0 Å². The SMILES string of the molecule is CCCc1ccc(CCC)c(C(CC)c2c(CCC)ccc(CCC)c2CCC)c1CCC. The van der Waals surface area contributed by atoms with Crippen LogP contribution in [0.3, 0.4) is 0 Å². The van der Waals surface area contributed by atoms with Crippen molar-refractivity contribution in [1.82, 2.24) is 0 Å². The molecule has 2 aromatic rings. The average molecular weight is 449 g/mol. The van der Waals surface area contributed by atoms with Gasteiger partial charge in [0.1, 0.15) is 0 Å². The third kappa shape index (κ3) is 6.74. The van der Waals surface area contributed by atoms with Gasteiger partial charge in [0.05, 0.1) is 0 Å². The van der Waals surface area contributed by atoms with Gasteiger partial charge in [-0.1, -0.05) is 111 Å². The number of rotatable bonds is 15. The maximum absolute atomic E-state index is 2.50. The highest BCUT2D eigenvalue weighted by Crippen LogP contribution is 2.41. The fourth-order valence-corrected chi connectivity index (χ4v) is 6.01. The average Bonchev–Trinajstić information content (AvgIpc) is 2.81. The Bertz CT molecular complexity index is 772. The molecule has 2 aromatic carbocycles. The van der Waals surface area contributed by atoms with Crippen LogP contribution in [0.25, 0.3) is 0 Å². The number of aryl methyl sites for hydroxylation is 4. The molecule has 0 nitrogen and oxygen atoms in total. The summed E-state index contributed by atoms with van der Waals surface area (Å²) in [6, 6.07) is 9.95. The van der Waals surface area contributed by atoms with Crippen molar-refractivity contribution in [1.29, 1.82) is 0 Å². The summed E-state index contributed by atoms with van der Waals surface area (Å²) in [5.41, 5.74) is 13.3. The second kappa shape index (κ2) is 14.6.